The molecular weight excluding hydrogens is 364 g/mol. The van der Waals surface area contributed by atoms with Gasteiger partial charge in [0, 0.05) is 18.3 Å². The number of benzene rings is 2. The maximum Gasteiger partial charge on any atom is 0.258 e. The SMILES string of the molecule is CC(=O)Nc1ccc(Nc2ccc(NC(=O)c3ccccc3Cl)nc2)cc1. The van der Waals surface area contributed by atoms with Gasteiger partial charge in [-0.15, -0.1) is 0 Å². The largest absolute Gasteiger partial charge is 0.354 e. The van der Waals surface area contributed by atoms with Crippen molar-refractivity contribution in [3.63, 3.8) is 0 Å². The molecule has 0 saturated carbocycles. The molecule has 1 aromatic heterocycles. The summed E-state index contributed by atoms with van der Waals surface area (Å²) < 4.78 is 0. The van der Waals surface area contributed by atoms with Gasteiger partial charge in [-0.3, -0.25) is 9.59 Å². The van der Waals surface area contributed by atoms with Gasteiger partial charge in [0.2, 0.25) is 5.91 Å². The molecule has 0 unspecified atom stereocenters. The van der Waals surface area contributed by atoms with Crippen LogP contribution in [0.2, 0.25) is 5.02 Å². The van der Waals surface area contributed by atoms with Crippen LogP contribution < -0.4 is 16.0 Å². The summed E-state index contributed by atoms with van der Waals surface area (Å²) in [4.78, 5) is 27.5. The van der Waals surface area contributed by atoms with Crippen LogP contribution in [-0.2, 0) is 4.79 Å². The lowest BCUT2D eigenvalue weighted by Crippen LogP contribution is -2.13. The molecule has 0 saturated heterocycles. The Kier molecular flexibility index (Phi) is 5.68. The molecule has 0 radical (unpaired) electrons. The Morgan fingerprint density at radius 2 is 1.52 bits per heavy atom. The van der Waals surface area contributed by atoms with E-state index in [1.165, 1.54) is 6.92 Å². The minimum absolute atomic E-state index is 0.116. The Hall–Kier alpha value is -3.38. The number of rotatable bonds is 5. The topological polar surface area (TPSA) is 83.1 Å². The molecule has 2 aromatic carbocycles. The first-order valence-electron chi connectivity index (χ1n) is 8.18. The van der Waals surface area contributed by atoms with Crippen LogP contribution in [0.25, 0.3) is 0 Å². The molecular formula is C20H17ClN4O2. The summed E-state index contributed by atoms with van der Waals surface area (Å²) in [5.41, 5.74) is 2.73. The lowest BCUT2D eigenvalue weighted by Gasteiger charge is -2.09. The third kappa shape index (κ3) is 5.05. The maximum atomic E-state index is 12.2. The molecule has 3 rings (SSSR count). The summed E-state index contributed by atoms with van der Waals surface area (Å²) in [6.07, 6.45) is 1.62. The average molecular weight is 381 g/mol. The van der Waals surface area contributed by atoms with Crippen LogP contribution in [0, 0.1) is 0 Å². The Morgan fingerprint density at radius 3 is 2.15 bits per heavy atom. The summed E-state index contributed by atoms with van der Waals surface area (Å²) in [5, 5.41) is 9.01. The molecule has 0 aliphatic heterocycles. The predicted molar refractivity (Wildman–Crippen MR) is 108 cm³/mol. The first-order valence-corrected chi connectivity index (χ1v) is 8.56. The minimum Gasteiger partial charge on any atom is -0.354 e. The van der Waals surface area contributed by atoms with Gasteiger partial charge in [-0.05, 0) is 48.5 Å². The number of amides is 2. The van der Waals surface area contributed by atoms with Crippen molar-refractivity contribution in [2.24, 2.45) is 0 Å². The molecule has 3 aromatic rings. The highest BCUT2D eigenvalue weighted by Crippen LogP contribution is 2.20. The van der Waals surface area contributed by atoms with Crippen molar-refractivity contribution in [2.45, 2.75) is 6.92 Å². The van der Waals surface area contributed by atoms with E-state index in [1.54, 1.807) is 54.7 Å². The third-order valence-electron chi connectivity index (χ3n) is 3.62. The lowest BCUT2D eigenvalue weighted by molar-refractivity contribution is -0.114. The molecule has 0 atom stereocenters. The molecule has 7 heteroatoms. The maximum absolute atomic E-state index is 12.2. The zero-order chi connectivity index (χ0) is 19.2. The summed E-state index contributed by atoms with van der Waals surface area (Å²) in [6, 6.07) is 17.6. The molecule has 0 aliphatic rings. The number of carbonyl (C=O) groups is 2. The molecule has 0 fully saturated rings. The third-order valence-corrected chi connectivity index (χ3v) is 3.95. The van der Waals surface area contributed by atoms with Crippen LogP contribution in [0.3, 0.4) is 0 Å². The Balaban J connectivity index is 1.62. The van der Waals surface area contributed by atoms with Gasteiger partial charge >= 0.3 is 0 Å². The number of anilines is 4. The normalized spacial score (nSPS) is 10.1. The fourth-order valence-electron chi connectivity index (χ4n) is 2.38. The zero-order valence-corrected chi connectivity index (χ0v) is 15.2. The second-order valence-electron chi connectivity index (χ2n) is 5.75. The van der Waals surface area contributed by atoms with Crippen LogP contribution in [0.1, 0.15) is 17.3 Å². The Labute approximate surface area is 161 Å². The number of nitrogens with one attached hydrogen (secondary N) is 3. The zero-order valence-electron chi connectivity index (χ0n) is 14.5. The fourth-order valence-corrected chi connectivity index (χ4v) is 2.60. The van der Waals surface area contributed by atoms with Crippen LogP contribution >= 0.6 is 11.6 Å². The molecule has 0 aliphatic carbocycles. The first kappa shape index (κ1) is 18.4. The highest BCUT2D eigenvalue weighted by atomic mass is 35.5. The number of halogens is 1. The van der Waals surface area contributed by atoms with Gasteiger partial charge in [-0.2, -0.15) is 0 Å². The molecule has 136 valence electrons. The molecule has 0 bridgehead atoms. The summed E-state index contributed by atoms with van der Waals surface area (Å²) in [7, 11) is 0. The van der Waals surface area contributed by atoms with Gasteiger partial charge in [0.15, 0.2) is 0 Å². The molecule has 0 spiro atoms. The van der Waals surface area contributed by atoms with Crippen molar-refractivity contribution in [2.75, 3.05) is 16.0 Å². The minimum atomic E-state index is -0.317. The highest BCUT2D eigenvalue weighted by molar-refractivity contribution is 6.34. The van der Waals surface area contributed by atoms with E-state index >= 15 is 0 Å². The van der Waals surface area contributed by atoms with Crippen molar-refractivity contribution < 1.29 is 9.59 Å². The lowest BCUT2D eigenvalue weighted by atomic mass is 10.2. The van der Waals surface area contributed by atoms with Crippen LogP contribution in [0.15, 0.2) is 66.9 Å². The van der Waals surface area contributed by atoms with Gasteiger partial charge in [-0.25, -0.2) is 4.98 Å². The van der Waals surface area contributed by atoms with Crippen molar-refractivity contribution in [1.29, 1.82) is 0 Å². The van der Waals surface area contributed by atoms with Gasteiger partial charge in [-0.1, -0.05) is 23.7 Å². The molecule has 3 N–H and O–H groups in total. The summed E-state index contributed by atoms with van der Waals surface area (Å²) >= 11 is 6.03. The van der Waals surface area contributed by atoms with E-state index in [2.05, 4.69) is 20.9 Å². The van der Waals surface area contributed by atoms with E-state index in [4.69, 9.17) is 11.6 Å². The van der Waals surface area contributed by atoms with E-state index in [-0.39, 0.29) is 11.8 Å². The monoisotopic (exact) mass is 380 g/mol. The summed E-state index contributed by atoms with van der Waals surface area (Å²) in [6.45, 7) is 1.46. The second-order valence-corrected chi connectivity index (χ2v) is 6.16. The van der Waals surface area contributed by atoms with E-state index in [9.17, 15) is 9.59 Å². The van der Waals surface area contributed by atoms with Gasteiger partial charge in [0.05, 0.1) is 22.5 Å². The van der Waals surface area contributed by atoms with Crippen molar-refractivity contribution in [1.82, 2.24) is 4.98 Å². The number of carbonyl (C=O) groups excluding carboxylic acids is 2. The average Bonchev–Trinajstić information content (AvgIpc) is 2.65. The number of pyridine rings is 1. The second kappa shape index (κ2) is 8.33. The fraction of sp³-hybridized carbons (Fsp3) is 0.0500. The van der Waals surface area contributed by atoms with Gasteiger partial charge < -0.3 is 16.0 Å². The van der Waals surface area contributed by atoms with Crippen LogP contribution in [0.4, 0.5) is 22.9 Å². The number of aromatic nitrogens is 1. The molecule has 1 heterocycles. The number of hydrogen-bond donors (Lipinski definition) is 3. The van der Waals surface area contributed by atoms with Crippen LogP contribution in [0.5, 0.6) is 0 Å². The smallest absolute Gasteiger partial charge is 0.258 e. The van der Waals surface area contributed by atoms with E-state index in [0.29, 0.717) is 16.4 Å². The summed E-state index contributed by atoms with van der Waals surface area (Å²) in [5.74, 6) is -0.0109. The van der Waals surface area contributed by atoms with E-state index in [1.807, 2.05) is 12.1 Å². The number of nitrogens with zero attached hydrogens (tertiary/aromatic N) is 1. The molecule has 2 amide bonds. The quantitative estimate of drug-likeness (QED) is 0.599. The molecule has 27 heavy (non-hydrogen) atoms. The van der Waals surface area contributed by atoms with Gasteiger partial charge in [0.1, 0.15) is 5.82 Å². The van der Waals surface area contributed by atoms with Crippen LogP contribution in [-0.4, -0.2) is 16.8 Å². The highest BCUT2D eigenvalue weighted by Gasteiger charge is 2.10. The van der Waals surface area contributed by atoms with Gasteiger partial charge in [0.25, 0.3) is 5.91 Å². The Morgan fingerprint density at radius 1 is 0.852 bits per heavy atom. The van der Waals surface area contributed by atoms with E-state index in [0.717, 1.165) is 17.1 Å². The van der Waals surface area contributed by atoms with Crippen molar-refractivity contribution >= 4 is 46.3 Å². The predicted octanol–water partition coefficient (Wildman–Crippen LogP) is 4.69. The standard InChI is InChI=1S/C20H17ClN4O2/c1-13(26)23-14-6-8-15(9-7-14)24-16-10-11-19(22-12-16)25-20(27)17-4-2-3-5-18(17)21/h2-12,24H,1H3,(H,23,26)(H,22,25,27). The first-order chi connectivity index (χ1) is 13.0. The van der Waals surface area contributed by atoms with Crippen molar-refractivity contribution in [3.8, 4) is 0 Å². The Bertz CT molecular complexity index is 956. The van der Waals surface area contributed by atoms with Crippen molar-refractivity contribution in [3.05, 3.63) is 77.4 Å². The number of hydrogen-bond acceptors (Lipinski definition) is 4. The molecule has 6 nitrogen and oxygen atoms in total. The van der Waals surface area contributed by atoms with E-state index < -0.39 is 0 Å².